The molecule has 0 aromatic rings. The summed E-state index contributed by atoms with van der Waals surface area (Å²) in [6, 6.07) is 4.52. The molecule has 1 aliphatic carbocycles. The lowest BCUT2D eigenvalue weighted by molar-refractivity contribution is 0.181. The van der Waals surface area contributed by atoms with Crippen molar-refractivity contribution in [2.45, 2.75) is 83.0 Å². The lowest BCUT2D eigenvalue weighted by Gasteiger charge is -2.31. The van der Waals surface area contributed by atoms with E-state index in [-0.39, 0.29) is 5.54 Å². The van der Waals surface area contributed by atoms with E-state index in [4.69, 9.17) is 0 Å². The lowest BCUT2D eigenvalue weighted by Crippen LogP contribution is -2.46. The second-order valence-corrected chi connectivity index (χ2v) is 6.34. The molecular weight excluding hydrogens is 222 g/mol. The second kappa shape index (κ2) is 5.59. The number of likely N-dealkylation sites (tertiary alicyclic amines) is 1. The zero-order valence-electron chi connectivity index (χ0n) is 12.1. The molecule has 2 rings (SSSR count). The van der Waals surface area contributed by atoms with Crippen LogP contribution in [0.1, 0.15) is 59.3 Å². The van der Waals surface area contributed by atoms with Crippen LogP contribution in [0.4, 0.5) is 0 Å². The number of hydrogen-bond donors (Lipinski definition) is 1. The minimum absolute atomic E-state index is 0.332. The van der Waals surface area contributed by atoms with E-state index in [1.54, 1.807) is 0 Å². The zero-order valence-corrected chi connectivity index (χ0v) is 12.1. The fraction of sp³-hybridized carbons (Fsp3) is 0.933. The average Bonchev–Trinajstić information content (AvgIpc) is 3.09. The molecule has 1 saturated heterocycles. The van der Waals surface area contributed by atoms with Gasteiger partial charge in [0.25, 0.3) is 0 Å². The molecule has 3 nitrogen and oxygen atoms in total. The van der Waals surface area contributed by atoms with Crippen LogP contribution >= 0.6 is 0 Å². The molecule has 1 aliphatic heterocycles. The molecule has 3 unspecified atom stereocenters. The highest BCUT2D eigenvalue weighted by molar-refractivity contribution is 5.07. The summed E-state index contributed by atoms with van der Waals surface area (Å²) in [7, 11) is 0. The van der Waals surface area contributed by atoms with Crippen molar-refractivity contribution >= 4 is 0 Å². The first-order valence-corrected chi connectivity index (χ1v) is 7.52. The Kier molecular flexibility index (Phi) is 4.29. The van der Waals surface area contributed by atoms with Crippen LogP contribution in [0.2, 0.25) is 0 Å². The lowest BCUT2D eigenvalue weighted by atomic mass is 9.98. The minimum Gasteiger partial charge on any atom is -0.298 e. The summed E-state index contributed by atoms with van der Waals surface area (Å²) in [5, 5.41) is 12.9. The van der Waals surface area contributed by atoms with Crippen LogP contribution in [-0.4, -0.2) is 35.1 Å². The largest absolute Gasteiger partial charge is 0.298 e. The summed E-state index contributed by atoms with van der Waals surface area (Å²) < 4.78 is 0. The predicted octanol–water partition coefficient (Wildman–Crippen LogP) is 2.67. The fourth-order valence-corrected chi connectivity index (χ4v) is 3.16. The molecule has 3 atom stereocenters. The third-order valence-electron chi connectivity index (χ3n) is 4.64. The maximum atomic E-state index is 9.39. The highest BCUT2D eigenvalue weighted by atomic mass is 15.2. The van der Waals surface area contributed by atoms with Gasteiger partial charge in [0.15, 0.2) is 0 Å². The SMILES string of the molecule is CCC1CCC(C)N1CCC(C)(C#N)NC1CC1. The molecule has 2 fully saturated rings. The molecule has 18 heavy (non-hydrogen) atoms. The molecule has 0 aromatic carbocycles. The topological polar surface area (TPSA) is 39.1 Å². The van der Waals surface area contributed by atoms with Gasteiger partial charge in [0.2, 0.25) is 0 Å². The van der Waals surface area contributed by atoms with Gasteiger partial charge in [0, 0.05) is 24.7 Å². The highest BCUT2D eigenvalue weighted by Gasteiger charge is 2.35. The van der Waals surface area contributed by atoms with Crippen LogP contribution < -0.4 is 5.32 Å². The van der Waals surface area contributed by atoms with Crippen LogP contribution in [0.5, 0.6) is 0 Å². The van der Waals surface area contributed by atoms with Gasteiger partial charge in [-0.1, -0.05) is 6.92 Å². The molecule has 2 aliphatic rings. The number of nitriles is 1. The first-order chi connectivity index (χ1) is 8.58. The maximum absolute atomic E-state index is 9.39. The summed E-state index contributed by atoms with van der Waals surface area (Å²) in [4.78, 5) is 2.62. The van der Waals surface area contributed by atoms with Crippen molar-refractivity contribution in [3.8, 4) is 6.07 Å². The monoisotopic (exact) mass is 249 g/mol. The van der Waals surface area contributed by atoms with Gasteiger partial charge in [0.05, 0.1) is 6.07 Å². The van der Waals surface area contributed by atoms with Gasteiger partial charge >= 0.3 is 0 Å². The van der Waals surface area contributed by atoms with Gasteiger partial charge in [-0.2, -0.15) is 5.26 Å². The van der Waals surface area contributed by atoms with Gasteiger partial charge in [-0.3, -0.25) is 10.2 Å². The molecule has 0 bridgehead atoms. The number of nitrogens with zero attached hydrogens (tertiary/aromatic N) is 2. The second-order valence-electron chi connectivity index (χ2n) is 6.34. The van der Waals surface area contributed by atoms with E-state index < -0.39 is 0 Å². The zero-order chi connectivity index (χ0) is 13.2. The van der Waals surface area contributed by atoms with E-state index in [1.165, 1.54) is 32.1 Å². The first-order valence-electron chi connectivity index (χ1n) is 7.52. The van der Waals surface area contributed by atoms with Crippen molar-refractivity contribution in [1.29, 1.82) is 5.26 Å². The third kappa shape index (κ3) is 3.24. The van der Waals surface area contributed by atoms with E-state index >= 15 is 0 Å². The Balaban J connectivity index is 1.86. The highest BCUT2D eigenvalue weighted by Crippen LogP contribution is 2.28. The molecule has 102 valence electrons. The summed E-state index contributed by atoms with van der Waals surface area (Å²) >= 11 is 0. The van der Waals surface area contributed by atoms with E-state index in [2.05, 4.69) is 37.1 Å². The maximum Gasteiger partial charge on any atom is 0.105 e. The van der Waals surface area contributed by atoms with Crippen LogP contribution in [0.3, 0.4) is 0 Å². The van der Waals surface area contributed by atoms with Gasteiger partial charge in [-0.15, -0.1) is 0 Å². The number of rotatable bonds is 6. The quantitative estimate of drug-likeness (QED) is 0.786. The molecule has 0 aromatic heterocycles. The average molecular weight is 249 g/mol. The van der Waals surface area contributed by atoms with Crippen LogP contribution in [0.15, 0.2) is 0 Å². The Morgan fingerprint density at radius 1 is 1.33 bits per heavy atom. The Hall–Kier alpha value is -0.590. The molecular formula is C15H27N3. The van der Waals surface area contributed by atoms with Crippen molar-refractivity contribution in [3.63, 3.8) is 0 Å². The Labute approximate surface area is 112 Å². The first kappa shape index (κ1) is 13.8. The standard InChI is InChI=1S/C15H27N3/c1-4-14-8-5-12(2)18(14)10-9-15(3,11-16)17-13-6-7-13/h12-14,17H,4-10H2,1-3H3. The summed E-state index contributed by atoms with van der Waals surface area (Å²) in [6.07, 6.45) is 7.32. The molecule has 1 saturated carbocycles. The summed E-state index contributed by atoms with van der Waals surface area (Å²) in [5.41, 5.74) is -0.332. The molecule has 1 N–H and O–H groups in total. The molecule has 3 heteroatoms. The predicted molar refractivity (Wildman–Crippen MR) is 74.3 cm³/mol. The molecule has 0 amide bonds. The van der Waals surface area contributed by atoms with Crippen molar-refractivity contribution in [1.82, 2.24) is 10.2 Å². The van der Waals surface area contributed by atoms with E-state index in [1.807, 2.05) is 0 Å². The Bertz CT molecular complexity index is 318. The third-order valence-corrected chi connectivity index (χ3v) is 4.64. The molecule has 0 radical (unpaired) electrons. The minimum atomic E-state index is -0.332. The van der Waals surface area contributed by atoms with E-state index in [0.29, 0.717) is 12.1 Å². The van der Waals surface area contributed by atoms with E-state index in [9.17, 15) is 5.26 Å². The van der Waals surface area contributed by atoms with Gasteiger partial charge in [-0.05, 0) is 52.4 Å². The van der Waals surface area contributed by atoms with Crippen molar-refractivity contribution < 1.29 is 0 Å². The molecule has 0 spiro atoms. The van der Waals surface area contributed by atoms with Gasteiger partial charge < -0.3 is 0 Å². The number of hydrogen-bond acceptors (Lipinski definition) is 3. The van der Waals surface area contributed by atoms with Gasteiger partial charge in [-0.25, -0.2) is 0 Å². The van der Waals surface area contributed by atoms with Crippen molar-refractivity contribution in [2.75, 3.05) is 6.54 Å². The Morgan fingerprint density at radius 2 is 2.06 bits per heavy atom. The number of nitrogens with one attached hydrogen (secondary N) is 1. The fourth-order valence-electron chi connectivity index (χ4n) is 3.16. The normalized spacial score (nSPS) is 32.1. The Morgan fingerprint density at radius 3 is 2.61 bits per heavy atom. The smallest absolute Gasteiger partial charge is 0.105 e. The van der Waals surface area contributed by atoms with Crippen molar-refractivity contribution in [3.05, 3.63) is 0 Å². The van der Waals surface area contributed by atoms with Crippen LogP contribution in [0.25, 0.3) is 0 Å². The summed E-state index contributed by atoms with van der Waals surface area (Å²) in [5.74, 6) is 0. The van der Waals surface area contributed by atoms with Gasteiger partial charge in [0.1, 0.15) is 5.54 Å². The summed E-state index contributed by atoms with van der Waals surface area (Å²) in [6.45, 7) is 7.73. The van der Waals surface area contributed by atoms with Crippen LogP contribution in [-0.2, 0) is 0 Å². The van der Waals surface area contributed by atoms with E-state index in [0.717, 1.165) is 19.0 Å². The van der Waals surface area contributed by atoms with Crippen molar-refractivity contribution in [2.24, 2.45) is 0 Å². The van der Waals surface area contributed by atoms with Crippen LogP contribution in [0, 0.1) is 11.3 Å². The molecule has 1 heterocycles.